The van der Waals surface area contributed by atoms with Crippen LogP contribution in [0.15, 0.2) is 78.9 Å². The van der Waals surface area contributed by atoms with Gasteiger partial charge in [0.1, 0.15) is 5.82 Å². The van der Waals surface area contributed by atoms with E-state index in [0.29, 0.717) is 49.0 Å². The Morgan fingerprint density at radius 3 is 2.50 bits per heavy atom. The summed E-state index contributed by atoms with van der Waals surface area (Å²) in [5.74, 6) is 0.803. The highest BCUT2D eigenvalue weighted by Gasteiger charge is 2.30. The standard InChI is InChI=1S/C28H25FN6O/c1-19-18-33(15-16-34(19)25(36)17-20-9-3-2-4-10-20)28-30-24-14-8-6-12-22(24)27-32-31-26(35(27)28)21-11-5-7-13-23(21)29/h2-14,19H,15-18H2,1H3. The van der Waals surface area contributed by atoms with Crippen molar-refractivity contribution in [3.63, 3.8) is 0 Å². The number of benzene rings is 3. The van der Waals surface area contributed by atoms with E-state index in [1.165, 1.54) is 6.07 Å². The fraction of sp³-hybridized carbons (Fsp3) is 0.214. The van der Waals surface area contributed by atoms with Crippen LogP contribution in [-0.4, -0.2) is 56.1 Å². The minimum Gasteiger partial charge on any atom is -0.338 e. The predicted octanol–water partition coefficient (Wildman–Crippen LogP) is 4.36. The lowest BCUT2D eigenvalue weighted by molar-refractivity contribution is -0.132. The summed E-state index contributed by atoms with van der Waals surface area (Å²) in [6.45, 7) is 3.81. The topological polar surface area (TPSA) is 66.6 Å². The van der Waals surface area contributed by atoms with Crippen LogP contribution >= 0.6 is 0 Å². The average Bonchev–Trinajstić information content (AvgIpc) is 3.34. The molecule has 1 unspecified atom stereocenters. The van der Waals surface area contributed by atoms with E-state index < -0.39 is 0 Å². The van der Waals surface area contributed by atoms with Crippen molar-refractivity contribution in [1.82, 2.24) is 24.5 Å². The summed E-state index contributed by atoms with van der Waals surface area (Å²) in [5, 5.41) is 9.67. The molecule has 0 spiro atoms. The molecule has 0 saturated carbocycles. The Morgan fingerprint density at radius 1 is 0.944 bits per heavy atom. The summed E-state index contributed by atoms with van der Waals surface area (Å²) >= 11 is 0. The van der Waals surface area contributed by atoms with Crippen molar-refractivity contribution in [1.29, 1.82) is 0 Å². The number of piperazine rings is 1. The van der Waals surface area contributed by atoms with Gasteiger partial charge >= 0.3 is 0 Å². The molecular formula is C28H25FN6O. The van der Waals surface area contributed by atoms with Crippen molar-refractivity contribution >= 4 is 28.4 Å². The van der Waals surface area contributed by atoms with Crippen molar-refractivity contribution in [2.24, 2.45) is 0 Å². The zero-order chi connectivity index (χ0) is 24.6. The van der Waals surface area contributed by atoms with Crippen LogP contribution in [0.25, 0.3) is 27.9 Å². The van der Waals surface area contributed by atoms with Crippen LogP contribution in [0.4, 0.5) is 10.3 Å². The van der Waals surface area contributed by atoms with Crippen LogP contribution in [-0.2, 0) is 11.2 Å². The summed E-state index contributed by atoms with van der Waals surface area (Å²) in [4.78, 5) is 22.1. The van der Waals surface area contributed by atoms with Gasteiger partial charge in [-0.15, -0.1) is 10.2 Å². The largest absolute Gasteiger partial charge is 0.338 e. The summed E-state index contributed by atoms with van der Waals surface area (Å²) in [6.07, 6.45) is 0.381. The van der Waals surface area contributed by atoms with E-state index in [1.54, 1.807) is 18.2 Å². The van der Waals surface area contributed by atoms with Crippen LogP contribution in [0.1, 0.15) is 12.5 Å². The number of rotatable bonds is 4. The molecule has 8 heteroatoms. The lowest BCUT2D eigenvalue weighted by atomic mass is 10.1. The molecule has 6 rings (SSSR count). The van der Waals surface area contributed by atoms with Crippen molar-refractivity contribution in [3.8, 4) is 11.4 Å². The van der Waals surface area contributed by atoms with E-state index in [1.807, 2.05) is 63.9 Å². The highest BCUT2D eigenvalue weighted by molar-refractivity contribution is 5.93. The van der Waals surface area contributed by atoms with Gasteiger partial charge in [0.25, 0.3) is 0 Å². The molecule has 1 fully saturated rings. The second kappa shape index (κ2) is 9.03. The molecule has 1 amide bonds. The number of nitrogens with zero attached hydrogens (tertiary/aromatic N) is 6. The Morgan fingerprint density at radius 2 is 1.69 bits per heavy atom. The molecule has 0 bridgehead atoms. The predicted molar refractivity (Wildman–Crippen MR) is 137 cm³/mol. The van der Waals surface area contributed by atoms with E-state index in [2.05, 4.69) is 22.0 Å². The fourth-order valence-electron chi connectivity index (χ4n) is 4.98. The third-order valence-electron chi connectivity index (χ3n) is 6.77. The van der Waals surface area contributed by atoms with Crippen molar-refractivity contribution in [2.45, 2.75) is 19.4 Å². The Balaban J connectivity index is 1.38. The van der Waals surface area contributed by atoms with Gasteiger partial charge in [0.2, 0.25) is 11.9 Å². The molecule has 1 aliphatic heterocycles. The van der Waals surface area contributed by atoms with Crippen LogP contribution in [0, 0.1) is 5.82 Å². The first-order valence-corrected chi connectivity index (χ1v) is 12.1. The summed E-state index contributed by atoms with van der Waals surface area (Å²) < 4.78 is 16.6. The van der Waals surface area contributed by atoms with Gasteiger partial charge in [-0.2, -0.15) is 0 Å². The maximum absolute atomic E-state index is 14.8. The smallest absolute Gasteiger partial charge is 0.227 e. The Labute approximate surface area is 207 Å². The van der Waals surface area contributed by atoms with Gasteiger partial charge < -0.3 is 9.80 Å². The summed E-state index contributed by atoms with van der Waals surface area (Å²) in [6, 6.07) is 24.1. The quantitative estimate of drug-likeness (QED) is 0.382. The van der Waals surface area contributed by atoms with E-state index in [9.17, 15) is 9.18 Å². The number of fused-ring (bicyclic) bond motifs is 3. The van der Waals surface area contributed by atoms with E-state index >= 15 is 0 Å². The van der Waals surface area contributed by atoms with Gasteiger partial charge in [0.05, 0.1) is 17.5 Å². The van der Waals surface area contributed by atoms with Crippen molar-refractivity contribution in [2.75, 3.05) is 24.5 Å². The van der Waals surface area contributed by atoms with Gasteiger partial charge in [-0.1, -0.05) is 54.6 Å². The van der Waals surface area contributed by atoms with E-state index in [-0.39, 0.29) is 17.8 Å². The molecule has 180 valence electrons. The first-order chi connectivity index (χ1) is 17.6. The maximum atomic E-state index is 14.8. The number of carbonyl (C=O) groups is 1. The summed E-state index contributed by atoms with van der Waals surface area (Å²) in [7, 11) is 0. The fourth-order valence-corrected chi connectivity index (χ4v) is 4.98. The van der Waals surface area contributed by atoms with Crippen LogP contribution in [0.2, 0.25) is 0 Å². The average molecular weight is 481 g/mol. The Kier molecular flexibility index (Phi) is 5.56. The summed E-state index contributed by atoms with van der Waals surface area (Å²) in [5.41, 5.74) is 2.80. The number of hydrogen-bond acceptors (Lipinski definition) is 5. The lowest BCUT2D eigenvalue weighted by Gasteiger charge is -2.40. The van der Waals surface area contributed by atoms with Gasteiger partial charge in [-0.05, 0) is 36.8 Å². The first-order valence-electron chi connectivity index (χ1n) is 12.1. The monoisotopic (exact) mass is 480 g/mol. The lowest BCUT2D eigenvalue weighted by Crippen LogP contribution is -2.55. The Hall–Kier alpha value is -4.33. The minimum absolute atomic E-state index is 0.0216. The molecule has 1 saturated heterocycles. The number of carbonyl (C=O) groups excluding carboxylic acids is 1. The molecule has 7 nitrogen and oxygen atoms in total. The molecule has 36 heavy (non-hydrogen) atoms. The van der Waals surface area contributed by atoms with Gasteiger partial charge in [-0.3, -0.25) is 4.79 Å². The highest BCUT2D eigenvalue weighted by atomic mass is 19.1. The molecule has 0 N–H and O–H groups in total. The number of halogens is 1. The number of anilines is 1. The maximum Gasteiger partial charge on any atom is 0.227 e. The molecule has 0 radical (unpaired) electrons. The van der Waals surface area contributed by atoms with Gasteiger partial charge in [0, 0.05) is 31.1 Å². The van der Waals surface area contributed by atoms with E-state index in [4.69, 9.17) is 4.98 Å². The molecule has 0 aliphatic carbocycles. The third-order valence-corrected chi connectivity index (χ3v) is 6.77. The van der Waals surface area contributed by atoms with Gasteiger partial charge in [-0.25, -0.2) is 13.8 Å². The number of hydrogen-bond donors (Lipinski definition) is 0. The van der Waals surface area contributed by atoms with Gasteiger partial charge in [0.15, 0.2) is 11.5 Å². The first kappa shape index (κ1) is 22.2. The van der Waals surface area contributed by atoms with Crippen molar-refractivity contribution < 1.29 is 9.18 Å². The van der Waals surface area contributed by atoms with Crippen molar-refractivity contribution in [3.05, 3.63) is 90.2 Å². The zero-order valence-corrected chi connectivity index (χ0v) is 19.9. The molecule has 1 aliphatic rings. The minimum atomic E-state index is -0.365. The second-order valence-electron chi connectivity index (χ2n) is 9.14. The number of amides is 1. The molecular weight excluding hydrogens is 455 g/mol. The molecule has 5 aromatic rings. The van der Waals surface area contributed by atoms with Crippen LogP contribution in [0.5, 0.6) is 0 Å². The molecule has 3 aromatic carbocycles. The number of aromatic nitrogens is 4. The SMILES string of the molecule is CC1CN(c2nc3ccccc3c3nnc(-c4ccccc4F)n23)CCN1C(=O)Cc1ccccc1. The Bertz CT molecular complexity index is 1570. The van der Waals surface area contributed by atoms with Crippen LogP contribution in [0.3, 0.4) is 0 Å². The molecule has 1 atom stereocenters. The van der Waals surface area contributed by atoms with E-state index in [0.717, 1.165) is 16.5 Å². The molecule has 3 heterocycles. The highest BCUT2D eigenvalue weighted by Crippen LogP contribution is 2.30. The van der Waals surface area contributed by atoms with Crippen LogP contribution < -0.4 is 4.90 Å². The zero-order valence-electron chi connectivity index (χ0n) is 19.9. The normalized spacial score (nSPS) is 16.1. The molecule has 2 aromatic heterocycles. The third kappa shape index (κ3) is 3.84. The second-order valence-corrected chi connectivity index (χ2v) is 9.14. The number of para-hydroxylation sites is 1.